The summed E-state index contributed by atoms with van der Waals surface area (Å²) in [5, 5.41) is 0. The Hall–Kier alpha value is -1.67. The lowest BCUT2D eigenvalue weighted by atomic mass is 10.2. The Morgan fingerprint density at radius 3 is 2.71 bits per heavy atom. The van der Waals surface area contributed by atoms with Crippen molar-refractivity contribution in [3.8, 4) is 23.3 Å². The van der Waals surface area contributed by atoms with Gasteiger partial charge in [-0.3, -0.25) is 4.79 Å². The van der Waals surface area contributed by atoms with Crippen LogP contribution in [0.25, 0.3) is 0 Å². The summed E-state index contributed by atoms with van der Waals surface area (Å²) in [7, 11) is -1.32. The molecule has 0 N–H and O–H groups in total. The zero-order chi connectivity index (χ0) is 12.7. The molecule has 0 aromatic heterocycles. The average molecular weight is 244 g/mol. The lowest BCUT2D eigenvalue weighted by molar-refractivity contribution is -0.139. The Kier molecular flexibility index (Phi) is 4.85. The van der Waals surface area contributed by atoms with Gasteiger partial charge in [0.15, 0.2) is 0 Å². The van der Waals surface area contributed by atoms with Crippen molar-refractivity contribution in [1.29, 1.82) is 0 Å². The van der Waals surface area contributed by atoms with Crippen LogP contribution in [0.2, 0.25) is 19.6 Å². The van der Waals surface area contributed by atoms with Gasteiger partial charge in [0.05, 0.1) is 0 Å². The summed E-state index contributed by atoms with van der Waals surface area (Å²) in [4.78, 5) is 10.8. The second-order valence-corrected chi connectivity index (χ2v) is 9.56. The summed E-state index contributed by atoms with van der Waals surface area (Å²) in [5.41, 5.74) is 6.04. The average Bonchev–Trinajstić information content (AvgIpc) is 2.61. The van der Waals surface area contributed by atoms with Crippen molar-refractivity contribution in [2.45, 2.75) is 38.6 Å². The molecule has 0 unspecified atom stereocenters. The molecule has 3 heteroatoms. The molecule has 0 aliphatic carbocycles. The molecular weight excluding hydrogens is 228 g/mol. The van der Waals surface area contributed by atoms with E-state index >= 15 is 0 Å². The maximum Gasteiger partial charge on any atom is 0.306 e. The van der Waals surface area contributed by atoms with E-state index < -0.39 is 8.07 Å². The summed E-state index contributed by atoms with van der Waals surface area (Å²) >= 11 is 0. The van der Waals surface area contributed by atoms with Gasteiger partial charge in [-0.15, -0.1) is 11.3 Å². The van der Waals surface area contributed by atoms with E-state index in [9.17, 15) is 4.79 Å². The zero-order valence-corrected chi connectivity index (χ0v) is 11.5. The van der Waals surface area contributed by atoms with Gasteiger partial charge >= 0.3 is 5.97 Å². The Balaban J connectivity index is 2.44. The fraction of sp³-hybridized carbons (Fsp3) is 0.429. The van der Waals surface area contributed by atoms with E-state index in [0.717, 1.165) is 6.42 Å². The van der Waals surface area contributed by atoms with E-state index in [2.05, 4.69) is 48.7 Å². The number of cyclic esters (lactones) is 1. The molecule has 1 aliphatic rings. The molecule has 88 valence electrons. The molecule has 2 nitrogen and oxygen atoms in total. The number of esters is 1. The monoisotopic (exact) mass is 244 g/mol. The highest BCUT2D eigenvalue weighted by molar-refractivity contribution is 6.83. The molecule has 0 bridgehead atoms. The quantitative estimate of drug-likeness (QED) is 0.306. The van der Waals surface area contributed by atoms with E-state index in [1.807, 2.05) is 0 Å². The van der Waals surface area contributed by atoms with Crippen molar-refractivity contribution in [2.75, 3.05) is 0 Å². The van der Waals surface area contributed by atoms with Crippen LogP contribution in [0.4, 0.5) is 0 Å². The number of ether oxygens (including phenoxy) is 1. The van der Waals surface area contributed by atoms with Gasteiger partial charge in [0.1, 0.15) is 14.2 Å². The number of carbonyl (C=O) groups is 1. The van der Waals surface area contributed by atoms with E-state index in [1.54, 1.807) is 12.2 Å². The summed E-state index contributed by atoms with van der Waals surface area (Å²) in [6.45, 7) is 6.52. The van der Waals surface area contributed by atoms with Gasteiger partial charge < -0.3 is 4.74 Å². The first-order valence-electron chi connectivity index (χ1n) is 5.61. The van der Waals surface area contributed by atoms with Crippen LogP contribution in [0.15, 0.2) is 17.9 Å². The van der Waals surface area contributed by atoms with E-state index in [0.29, 0.717) is 6.42 Å². The minimum Gasteiger partial charge on any atom is -0.457 e. The Morgan fingerprint density at radius 2 is 2.12 bits per heavy atom. The number of rotatable bonds is 1. The van der Waals surface area contributed by atoms with Crippen LogP contribution in [0, 0.1) is 23.3 Å². The van der Waals surface area contributed by atoms with Gasteiger partial charge in [0.25, 0.3) is 0 Å². The first-order chi connectivity index (χ1) is 7.97. The first-order valence-corrected chi connectivity index (χ1v) is 9.11. The zero-order valence-electron chi connectivity index (χ0n) is 10.5. The van der Waals surface area contributed by atoms with Gasteiger partial charge in [-0.05, 0) is 24.3 Å². The number of carbonyl (C=O) groups excluding carboxylic acids is 1. The molecule has 0 saturated carbocycles. The highest BCUT2D eigenvalue weighted by Crippen LogP contribution is 2.13. The lowest BCUT2D eigenvalue weighted by Crippen LogP contribution is -2.16. The largest absolute Gasteiger partial charge is 0.457 e. The smallest absolute Gasteiger partial charge is 0.306 e. The van der Waals surface area contributed by atoms with Crippen molar-refractivity contribution < 1.29 is 9.53 Å². The molecule has 0 radical (unpaired) electrons. The summed E-state index contributed by atoms with van der Waals surface area (Å²) < 4.78 is 4.99. The normalized spacial score (nSPS) is 17.8. The highest BCUT2D eigenvalue weighted by Gasteiger charge is 2.20. The molecule has 1 aliphatic heterocycles. The molecule has 0 aromatic carbocycles. The van der Waals surface area contributed by atoms with Gasteiger partial charge in [0.2, 0.25) is 0 Å². The standard InChI is InChI=1S/C14H16O2Si/c1-17(2,3)12-8-6-4-5-7-9-13-10-11-14(15)16-13/h5,9,13H,10-11H2,1-3H3/t7?,13-/m1/s1. The first kappa shape index (κ1) is 13.4. The van der Waals surface area contributed by atoms with E-state index in [-0.39, 0.29) is 12.1 Å². The van der Waals surface area contributed by atoms with Crippen LogP contribution in [-0.4, -0.2) is 20.1 Å². The molecule has 1 heterocycles. The van der Waals surface area contributed by atoms with Crippen molar-refractivity contribution in [2.24, 2.45) is 0 Å². The third kappa shape index (κ3) is 6.48. The molecule has 0 spiro atoms. The predicted octanol–water partition coefficient (Wildman–Crippen LogP) is 2.29. The van der Waals surface area contributed by atoms with Crippen LogP contribution in [-0.2, 0) is 9.53 Å². The maximum absolute atomic E-state index is 10.8. The van der Waals surface area contributed by atoms with Crippen molar-refractivity contribution in [3.63, 3.8) is 0 Å². The fourth-order valence-electron chi connectivity index (χ4n) is 1.15. The molecule has 1 fully saturated rings. The molecule has 1 rings (SSSR count). The van der Waals surface area contributed by atoms with Crippen LogP contribution in [0.1, 0.15) is 12.8 Å². The van der Waals surface area contributed by atoms with Crippen LogP contribution in [0.5, 0.6) is 0 Å². The third-order valence-corrected chi connectivity index (χ3v) is 2.80. The third-order valence-electron chi connectivity index (χ3n) is 1.93. The second-order valence-electron chi connectivity index (χ2n) is 4.81. The molecular formula is C14H16O2Si. The van der Waals surface area contributed by atoms with Gasteiger partial charge in [0, 0.05) is 12.5 Å². The van der Waals surface area contributed by atoms with Crippen LogP contribution >= 0.6 is 0 Å². The lowest BCUT2D eigenvalue weighted by Gasteiger charge is -2.01. The van der Waals surface area contributed by atoms with Crippen LogP contribution in [0.3, 0.4) is 0 Å². The SMILES string of the molecule is C[Si](C)(C)C#CC#CC=C=C[C@@H]1CCC(=O)O1. The Morgan fingerprint density at radius 1 is 1.35 bits per heavy atom. The summed E-state index contributed by atoms with van der Waals surface area (Å²) in [6.07, 6.45) is 4.43. The molecule has 17 heavy (non-hydrogen) atoms. The van der Waals surface area contributed by atoms with Gasteiger partial charge in [-0.1, -0.05) is 25.6 Å². The molecule has 0 aromatic rings. The number of hydrogen-bond acceptors (Lipinski definition) is 2. The topological polar surface area (TPSA) is 26.3 Å². The van der Waals surface area contributed by atoms with Gasteiger partial charge in [-0.2, -0.15) is 0 Å². The maximum atomic E-state index is 10.8. The summed E-state index contributed by atoms with van der Waals surface area (Å²) in [5.74, 6) is 8.24. The van der Waals surface area contributed by atoms with Crippen molar-refractivity contribution in [3.05, 3.63) is 17.9 Å². The van der Waals surface area contributed by atoms with Crippen molar-refractivity contribution in [1.82, 2.24) is 0 Å². The summed E-state index contributed by atoms with van der Waals surface area (Å²) in [6, 6.07) is 0. The Bertz CT molecular complexity index is 468. The van der Waals surface area contributed by atoms with E-state index in [4.69, 9.17) is 4.74 Å². The van der Waals surface area contributed by atoms with Gasteiger partial charge in [-0.25, -0.2) is 0 Å². The molecule has 1 saturated heterocycles. The highest BCUT2D eigenvalue weighted by atomic mass is 28.3. The molecule has 0 amide bonds. The molecule has 1 atom stereocenters. The van der Waals surface area contributed by atoms with Crippen LogP contribution < -0.4 is 0 Å². The Labute approximate surface area is 104 Å². The minimum atomic E-state index is -1.32. The second kappa shape index (κ2) is 6.16. The minimum absolute atomic E-state index is 0.131. The van der Waals surface area contributed by atoms with Crippen molar-refractivity contribution >= 4 is 14.0 Å². The predicted molar refractivity (Wildman–Crippen MR) is 70.7 cm³/mol. The fourth-order valence-corrected chi connectivity index (χ4v) is 1.59. The van der Waals surface area contributed by atoms with E-state index in [1.165, 1.54) is 0 Å². The number of hydrogen-bond donors (Lipinski definition) is 0.